The second kappa shape index (κ2) is 6.11. The van der Waals surface area contributed by atoms with Gasteiger partial charge >= 0.3 is 0 Å². The van der Waals surface area contributed by atoms with Gasteiger partial charge in [-0.1, -0.05) is 13.8 Å². The van der Waals surface area contributed by atoms with E-state index in [0.29, 0.717) is 31.1 Å². The van der Waals surface area contributed by atoms with Gasteiger partial charge in [0.25, 0.3) is 0 Å². The highest BCUT2D eigenvalue weighted by atomic mass is 32.2. The Kier molecular flexibility index (Phi) is 4.67. The fraction of sp³-hybridized carbons (Fsp3) is 0.571. The van der Waals surface area contributed by atoms with E-state index < -0.39 is 10.0 Å². The van der Waals surface area contributed by atoms with Crippen molar-refractivity contribution in [2.24, 2.45) is 11.7 Å². The van der Waals surface area contributed by atoms with E-state index in [9.17, 15) is 8.42 Å². The predicted molar refractivity (Wildman–Crippen MR) is 78.1 cm³/mol. The summed E-state index contributed by atoms with van der Waals surface area (Å²) in [5.41, 5.74) is 5.65. The van der Waals surface area contributed by atoms with Crippen LogP contribution in [0, 0.1) is 5.92 Å². The molecule has 5 nitrogen and oxygen atoms in total. The largest absolute Gasteiger partial charge is 0.493 e. The number of sulfonamides is 1. The molecule has 2 rings (SSSR count). The van der Waals surface area contributed by atoms with Crippen molar-refractivity contribution in [3.63, 3.8) is 0 Å². The zero-order chi connectivity index (χ0) is 14.8. The van der Waals surface area contributed by atoms with E-state index in [-0.39, 0.29) is 17.0 Å². The zero-order valence-corrected chi connectivity index (χ0v) is 12.7. The first-order chi connectivity index (χ1) is 9.37. The van der Waals surface area contributed by atoms with Gasteiger partial charge in [-0.2, -0.15) is 0 Å². The number of hydrogen-bond donors (Lipinski definition) is 2. The molecule has 6 heteroatoms. The first-order valence-electron chi connectivity index (χ1n) is 6.87. The Bertz CT molecular complexity index is 534. The lowest BCUT2D eigenvalue weighted by Gasteiger charge is -2.32. The molecule has 0 bridgehead atoms. The summed E-state index contributed by atoms with van der Waals surface area (Å²) in [5.74, 6) is 1.12. The van der Waals surface area contributed by atoms with Crippen LogP contribution in [0.3, 0.4) is 0 Å². The van der Waals surface area contributed by atoms with Gasteiger partial charge in [0.05, 0.1) is 11.5 Å². The molecule has 1 aromatic carbocycles. The summed E-state index contributed by atoms with van der Waals surface area (Å²) < 4.78 is 32.4. The molecule has 0 heterocycles. The zero-order valence-electron chi connectivity index (χ0n) is 11.9. The maximum Gasteiger partial charge on any atom is 0.240 e. The topological polar surface area (TPSA) is 81.4 Å². The van der Waals surface area contributed by atoms with Gasteiger partial charge in [-0.3, -0.25) is 0 Å². The Morgan fingerprint density at radius 3 is 2.40 bits per heavy atom. The molecule has 0 unspecified atom stereocenters. The highest BCUT2D eigenvalue weighted by Crippen LogP contribution is 2.22. The Morgan fingerprint density at radius 1 is 1.30 bits per heavy atom. The van der Waals surface area contributed by atoms with Crippen molar-refractivity contribution in [3.8, 4) is 5.75 Å². The Labute approximate surface area is 120 Å². The lowest BCUT2D eigenvalue weighted by Crippen LogP contribution is -2.50. The molecule has 1 aliphatic carbocycles. The van der Waals surface area contributed by atoms with Gasteiger partial charge in [0.2, 0.25) is 10.0 Å². The second-order valence-electron chi connectivity index (χ2n) is 5.73. The monoisotopic (exact) mass is 298 g/mol. The molecule has 1 saturated carbocycles. The number of nitrogens with two attached hydrogens (primary N) is 1. The summed E-state index contributed by atoms with van der Waals surface area (Å²) in [4.78, 5) is 0.259. The van der Waals surface area contributed by atoms with Crippen LogP contribution in [0.5, 0.6) is 5.75 Å². The maximum atomic E-state index is 12.1. The summed E-state index contributed by atoms with van der Waals surface area (Å²) in [6.45, 7) is 4.74. The van der Waals surface area contributed by atoms with Crippen molar-refractivity contribution in [1.29, 1.82) is 0 Å². The van der Waals surface area contributed by atoms with E-state index >= 15 is 0 Å². The highest BCUT2D eigenvalue weighted by Gasteiger charge is 2.30. The summed E-state index contributed by atoms with van der Waals surface area (Å²) in [5, 5.41) is 0. The molecule has 0 saturated heterocycles. The van der Waals surface area contributed by atoms with E-state index in [4.69, 9.17) is 10.5 Å². The summed E-state index contributed by atoms with van der Waals surface area (Å²) in [7, 11) is -3.45. The average Bonchev–Trinajstić information content (AvgIpc) is 2.35. The third-order valence-electron chi connectivity index (χ3n) is 3.21. The van der Waals surface area contributed by atoms with E-state index in [1.807, 2.05) is 0 Å². The van der Waals surface area contributed by atoms with Crippen molar-refractivity contribution in [3.05, 3.63) is 24.3 Å². The van der Waals surface area contributed by atoms with Crippen LogP contribution in [-0.4, -0.2) is 27.1 Å². The second-order valence-corrected chi connectivity index (χ2v) is 7.44. The molecular formula is C14H22N2O3S. The van der Waals surface area contributed by atoms with Crippen LogP contribution in [0.1, 0.15) is 26.7 Å². The van der Waals surface area contributed by atoms with Crippen molar-refractivity contribution in [1.82, 2.24) is 4.72 Å². The summed E-state index contributed by atoms with van der Waals surface area (Å²) in [6, 6.07) is 6.58. The van der Waals surface area contributed by atoms with Crippen LogP contribution >= 0.6 is 0 Å². The molecule has 3 N–H and O–H groups in total. The lowest BCUT2D eigenvalue weighted by atomic mass is 9.89. The van der Waals surface area contributed by atoms with Crippen LogP contribution in [0.25, 0.3) is 0 Å². The molecule has 0 radical (unpaired) electrons. The van der Waals surface area contributed by atoms with E-state index in [0.717, 1.165) is 0 Å². The molecule has 112 valence electrons. The van der Waals surface area contributed by atoms with Crippen LogP contribution in [0.4, 0.5) is 0 Å². The molecule has 0 aromatic heterocycles. The number of benzene rings is 1. The number of rotatable bonds is 6. The molecule has 0 aliphatic heterocycles. The SMILES string of the molecule is CC(C)COc1ccc(S(=O)(=O)NC2CC(N)C2)cc1. The Morgan fingerprint density at radius 2 is 1.90 bits per heavy atom. The Hall–Kier alpha value is -1.11. The van der Waals surface area contributed by atoms with Gasteiger partial charge in [0.1, 0.15) is 5.75 Å². The van der Waals surface area contributed by atoms with Crippen LogP contribution in [-0.2, 0) is 10.0 Å². The minimum atomic E-state index is -3.45. The average molecular weight is 298 g/mol. The standard InChI is InChI=1S/C14H22N2O3S/c1-10(2)9-19-13-3-5-14(6-4-13)20(17,18)16-12-7-11(15)8-12/h3-6,10-12,16H,7-9,15H2,1-2H3. The summed E-state index contributed by atoms with van der Waals surface area (Å²) >= 11 is 0. The molecule has 1 fully saturated rings. The first-order valence-corrected chi connectivity index (χ1v) is 8.36. The quantitative estimate of drug-likeness (QED) is 0.833. The van der Waals surface area contributed by atoms with Crippen molar-refractivity contribution in [2.75, 3.05) is 6.61 Å². The molecule has 20 heavy (non-hydrogen) atoms. The molecule has 0 amide bonds. The van der Waals surface area contributed by atoms with Crippen LogP contribution < -0.4 is 15.2 Å². The van der Waals surface area contributed by atoms with Gasteiger partial charge in [0, 0.05) is 12.1 Å². The van der Waals surface area contributed by atoms with Gasteiger partial charge in [0.15, 0.2) is 0 Å². The van der Waals surface area contributed by atoms with Gasteiger partial charge in [-0.05, 0) is 43.0 Å². The van der Waals surface area contributed by atoms with E-state index in [1.165, 1.54) is 0 Å². The fourth-order valence-corrected chi connectivity index (χ4v) is 3.29. The van der Waals surface area contributed by atoms with Crippen molar-refractivity contribution >= 4 is 10.0 Å². The van der Waals surface area contributed by atoms with Crippen molar-refractivity contribution in [2.45, 2.75) is 43.7 Å². The third-order valence-corrected chi connectivity index (χ3v) is 4.75. The Balaban J connectivity index is 1.97. The fourth-order valence-electron chi connectivity index (χ4n) is 2.02. The minimum absolute atomic E-state index is 0.0353. The smallest absolute Gasteiger partial charge is 0.240 e. The molecule has 1 aromatic rings. The van der Waals surface area contributed by atoms with Crippen LogP contribution in [0.15, 0.2) is 29.2 Å². The van der Waals surface area contributed by atoms with Gasteiger partial charge in [-0.25, -0.2) is 13.1 Å². The normalized spacial score (nSPS) is 22.6. The predicted octanol–water partition coefficient (Wildman–Crippen LogP) is 1.49. The van der Waals surface area contributed by atoms with Gasteiger partial charge in [-0.15, -0.1) is 0 Å². The highest BCUT2D eigenvalue weighted by molar-refractivity contribution is 7.89. The first kappa shape index (κ1) is 15.3. The lowest BCUT2D eigenvalue weighted by molar-refractivity contribution is 0.271. The number of hydrogen-bond acceptors (Lipinski definition) is 4. The number of ether oxygens (including phenoxy) is 1. The van der Waals surface area contributed by atoms with E-state index in [2.05, 4.69) is 18.6 Å². The number of nitrogens with one attached hydrogen (secondary N) is 1. The minimum Gasteiger partial charge on any atom is -0.493 e. The molecule has 0 spiro atoms. The maximum absolute atomic E-state index is 12.1. The van der Waals surface area contributed by atoms with Crippen molar-refractivity contribution < 1.29 is 13.2 Å². The third kappa shape index (κ3) is 3.94. The molecule has 1 aliphatic rings. The molecule has 0 atom stereocenters. The van der Waals surface area contributed by atoms with Crippen LogP contribution in [0.2, 0.25) is 0 Å². The van der Waals surface area contributed by atoms with Gasteiger partial charge < -0.3 is 10.5 Å². The molecular weight excluding hydrogens is 276 g/mol. The van der Waals surface area contributed by atoms with E-state index in [1.54, 1.807) is 24.3 Å². The summed E-state index contributed by atoms with van der Waals surface area (Å²) in [6.07, 6.45) is 1.41.